The van der Waals surface area contributed by atoms with Gasteiger partial charge in [-0.3, -0.25) is 4.90 Å². The molecule has 4 aromatic rings. The molecule has 0 spiro atoms. The largest absolute Gasteiger partial charge is 0.479 e. The average molecular weight is 535 g/mol. The fourth-order valence-corrected chi connectivity index (χ4v) is 5.16. The highest BCUT2D eigenvalue weighted by Crippen LogP contribution is 2.36. The lowest BCUT2D eigenvalue weighted by atomic mass is 10.0. The summed E-state index contributed by atoms with van der Waals surface area (Å²) >= 11 is 0. The number of fused-ring (bicyclic) bond motifs is 2. The van der Waals surface area contributed by atoms with Crippen molar-refractivity contribution in [3.05, 3.63) is 36.0 Å². The van der Waals surface area contributed by atoms with E-state index >= 15 is 8.78 Å². The molecule has 2 aliphatic rings. The molecule has 1 aromatic carbocycles. The van der Waals surface area contributed by atoms with Crippen molar-refractivity contribution in [2.75, 3.05) is 38.7 Å². The second-order valence-corrected chi connectivity index (χ2v) is 9.51. The number of hydrogen-bond donors (Lipinski definition) is 1. The lowest BCUT2D eigenvalue weighted by molar-refractivity contribution is -0.0794. The Labute approximate surface area is 216 Å². The Morgan fingerprint density at radius 1 is 1.29 bits per heavy atom. The summed E-state index contributed by atoms with van der Waals surface area (Å²) in [4.78, 5) is 10.5. The minimum absolute atomic E-state index is 0.0633. The molecule has 1 N–H and O–H groups in total. The third kappa shape index (κ3) is 4.33. The smallest absolute Gasteiger partial charge is 0.256 e. The number of aromatic nitrogens is 5. The van der Waals surface area contributed by atoms with Gasteiger partial charge in [0.05, 0.1) is 63.1 Å². The van der Waals surface area contributed by atoms with E-state index < -0.39 is 37.0 Å². The van der Waals surface area contributed by atoms with Crippen LogP contribution in [0.15, 0.2) is 24.4 Å². The van der Waals surface area contributed by atoms with E-state index in [-0.39, 0.29) is 42.7 Å². The zero-order chi connectivity index (χ0) is 27.5. The van der Waals surface area contributed by atoms with E-state index in [1.165, 1.54) is 22.4 Å². The number of rotatable bonds is 7. The highest BCUT2D eigenvalue weighted by atomic mass is 19.3. The molecule has 2 fully saturated rings. The van der Waals surface area contributed by atoms with Gasteiger partial charge in [-0.1, -0.05) is 6.07 Å². The minimum Gasteiger partial charge on any atom is -0.479 e. The Bertz CT molecular complexity index is 1540. The lowest BCUT2D eigenvalue weighted by Gasteiger charge is -2.42. The van der Waals surface area contributed by atoms with Crippen LogP contribution in [0.25, 0.3) is 27.7 Å². The van der Waals surface area contributed by atoms with Crippen LogP contribution in [0.4, 0.5) is 23.5 Å². The summed E-state index contributed by atoms with van der Waals surface area (Å²) in [5.41, 5.74) is 1.77. The number of piperidine rings is 1. The van der Waals surface area contributed by atoms with Crippen LogP contribution in [-0.4, -0.2) is 87.1 Å². The predicted octanol–water partition coefficient (Wildman–Crippen LogP) is 3.69. The van der Waals surface area contributed by atoms with E-state index in [2.05, 4.69) is 20.4 Å². The zero-order valence-electron chi connectivity index (χ0n) is 21.8. The molecule has 38 heavy (non-hydrogen) atoms. The number of aryl methyl sites for hydroxylation is 1. The number of methoxy groups -OCH3 is 1. The van der Waals surface area contributed by atoms with Crippen molar-refractivity contribution in [1.82, 2.24) is 29.0 Å². The molecule has 3 aromatic heterocycles. The standard InChI is InChI=1S/C25H27F4N7O2/c1-13-30-19-4-3-14(7-20(19)35(13)10-21(28)29)22-17(27)9-36-23(22)24(37-2)32-25(33-36)31-18-5-6-34(8-16(18)26)15-11-38-12-15/h3-4,7,9,15-16,18,21H,5-6,8,10-12H2,1-2H3,(H,31,33)/t16-,18-/m0/s1/i15D. The first-order chi connectivity index (χ1) is 18.7. The number of anilines is 1. The molecule has 0 unspecified atom stereocenters. The van der Waals surface area contributed by atoms with E-state index in [9.17, 15) is 8.78 Å². The number of halogens is 4. The molecule has 202 valence electrons. The summed E-state index contributed by atoms with van der Waals surface area (Å²) in [6, 6.07) is 3.42. The topological polar surface area (TPSA) is 81.7 Å². The summed E-state index contributed by atoms with van der Waals surface area (Å²) in [5, 5.41) is 7.36. The first-order valence-electron chi connectivity index (χ1n) is 12.8. The second-order valence-electron chi connectivity index (χ2n) is 9.51. The van der Waals surface area contributed by atoms with Gasteiger partial charge in [-0.2, -0.15) is 4.98 Å². The van der Waals surface area contributed by atoms with Gasteiger partial charge >= 0.3 is 0 Å². The molecule has 0 saturated carbocycles. The second kappa shape index (κ2) is 9.70. The third-order valence-corrected chi connectivity index (χ3v) is 7.14. The molecule has 5 heterocycles. The molecule has 0 aliphatic carbocycles. The molecular weight excluding hydrogens is 506 g/mol. The van der Waals surface area contributed by atoms with Gasteiger partial charge in [-0.15, -0.1) is 5.10 Å². The van der Waals surface area contributed by atoms with Crippen molar-refractivity contribution < 1.29 is 28.4 Å². The molecule has 0 amide bonds. The van der Waals surface area contributed by atoms with Crippen LogP contribution in [0.2, 0.25) is 0 Å². The minimum atomic E-state index is -2.58. The van der Waals surface area contributed by atoms with Crippen molar-refractivity contribution in [2.45, 2.75) is 44.5 Å². The van der Waals surface area contributed by atoms with Crippen molar-refractivity contribution in [3.63, 3.8) is 0 Å². The van der Waals surface area contributed by atoms with Gasteiger partial charge in [0, 0.05) is 13.1 Å². The summed E-state index contributed by atoms with van der Waals surface area (Å²) in [6.45, 7) is 2.22. The van der Waals surface area contributed by atoms with Crippen molar-refractivity contribution in [3.8, 4) is 17.0 Å². The number of nitrogens with one attached hydrogen (secondary N) is 1. The van der Waals surface area contributed by atoms with Gasteiger partial charge in [0.1, 0.15) is 17.5 Å². The van der Waals surface area contributed by atoms with E-state index in [1.54, 1.807) is 30.0 Å². The number of hydrogen-bond acceptors (Lipinski definition) is 7. The zero-order valence-corrected chi connectivity index (χ0v) is 20.8. The summed E-state index contributed by atoms with van der Waals surface area (Å²) in [5.74, 6) is -0.0583. The third-order valence-electron chi connectivity index (χ3n) is 7.14. The van der Waals surface area contributed by atoms with Gasteiger partial charge in [0.15, 0.2) is 5.82 Å². The molecule has 0 radical (unpaired) electrons. The van der Waals surface area contributed by atoms with Gasteiger partial charge in [-0.25, -0.2) is 27.1 Å². The van der Waals surface area contributed by atoms with Crippen LogP contribution in [0.3, 0.4) is 0 Å². The first kappa shape index (κ1) is 23.7. The maximum atomic E-state index is 15.4. The number of benzene rings is 1. The molecule has 0 bridgehead atoms. The number of alkyl halides is 3. The van der Waals surface area contributed by atoms with Crippen molar-refractivity contribution in [2.24, 2.45) is 0 Å². The fraction of sp³-hybridized carbons (Fsp3) is 0.480. The van der Waals surface area contributed by atoms with E-state index in [0.717, 1.165) is 0 Å². The quantitative estimate of drug-likeness (QED) is 0.362. The Kier molecular flexibility index (Phi) is 6.03. The van der Waals surface area contributed by atoms with E-state index in [1.807, 2.05) is 0 Å². The first-order valence-corrected chi connectivity index (χ1v) is 12.3. The predicted molar refractivity (Wildman–Crippen MR) is 132 cm³/mol. The van der Waals surface area contributed by atoms with Crippen LogP contribution in [0.5, 0.6) is 5.88 Å². The Morgan fingerprint density at radius 2 is 2.11 bits per heavy atom. The molecule has 13 heteroatoms. The van der Waals surface area contributed by atoms with Gasteiger partial charge in [0.25, 0.3) is 6.43 Å². The Morgan fingerprint density at radius 3 is 2.79 bits per heavy atom. The van der Waals surface area contributed by atoms with Crippen molar-refractivity contribution >= 4 is 22.5 Å². The maximum Gasteiger partial charge on any atom is 0.256 e. The Hall–Kier alpha value is -3.45. The normalized spacial score (nSPS) is 22.1. The number of nitrogens with zero attached hydrogens (tertiary/aromatic N) is 6. The average Bonchev–Trinajstić information content (AvgIpc) is 3.37. The maximum absolute atomic E-state index is 15.4. The van der Waals surface area contributed by atoms with Gasteiger partial charge in [0.2, 0.25) is 11.8 Å². The van der Waals surface area contributed by atoms with Crippen molar-refractivity contribution in [1.29, 1.82) is 0 Å². The van der Waals surface area contributed by atoms with Gasteiger partial charge in [-0.05, 0) is 31.0 Å². The van der Waals surface area contributed by atoms with Crippen LogP contribution >= 0.6 is 0 Å². The monoisotopic (exact) mass is 534 g/mol. The molecule has 2 aliphatic heterocycles. The van der Waals surface area contributed by atoms with E-state index in [4.69, 9.17) is 10.8 Å². The highest BCUT2D eigenvalue weighted by Gasteiger charge is 2.36. The SMILES string of the molecule is [2H]C1(N2CC[C@H](Nc3nc(OC)c4c(-c5ccc6nc(C)n(CC(F)F)c6c5)c(F)cn4n3)[C@@H](F)C2)COC1. The van der Waals surface area contributed by atoms with Crippen LogP contribution in [-0.2, 0) is 11.3 Å². The lowest BCUT2D eigenvalue weighted by Crippen LogP contribution is -2.57. The molecule has 2 saturated heterocycles. The van der Waals surface area contributed by atoms with Gasteiger partial charge < -0.3 is 19.4 Å². The molecule has 2 atom stereocenters. The molecular formula is C25H27F4N7O2. The fourth-order valence-electron chi connectivity index (χ4n) is 5.16. The van der Waals surface area contributed by atoms with Crippen LogP contribution < -0.4 is 10.1 Å². The number of ether oxygens (including phenoxy) is 2. The number of likely N-dealkylation sites (tertiary alicyclic amines) is 1. The Balaban J connectivity index is 1.32. The molecule has 9 nitrogen and oxygen atoms in total. The number of imidazole rings is 1. The molecule has 6 rings (SSSR count). The van der Waals surface area contributed by atoms with Crippen LogP contribution in [0, 0.1) is 12.7 Å². The summed E-state index contributed by atoms with van der Waals surface area (Å²) < 4.78 is 78.4. The highest BCUT2D eigenvalue weighted by molar-refractivity contribution is 5.90. The van der Waals surface area contributed by atoms with E-state index in [0.29, 0.717) is 35.4 Å². The van der Waals surface area contributed by atoms with Crippen LogP contribution in [0.1, 0.15) is 13.6 Å². The summed E-state index contributed by atoms with van der Waals surface area (Å²) in [6.07, 6.45) is -2.27. The summed E-state index contributed by atoms with van der Waals surface area (Å²) in [7, 11) is 1.38.